The van der Waals surface area contributed by atoms with E-state index < -0.39 is 0 Å². The van der Waals surface area contributed by atoms with Crippen LogP contribution in [0.3, 0.4) is 0 Å². The van der Waals surface area contributed by atoms with Crippen LogP contribution in [0.2, 0.25) is 0 Å². The zero-order valence-corrected chi connectivity index (χ0v) is 9.99. The summed E-state index contributed by atoms with van der Waals surface area (Å²) in [6.07, 6.45) is 7.65. The third-order valence-electron chi connectivity index (χ3n) is 4.74. The Balaban J connectivity index is 1.92. The number of rotatable bonds is 0. The molecule has 1 N–H and O–H groups in total. The Kier molecular flexibility index (Phi) is 1.65. The summed E-state index contributed by atoms with van der Waals surface area (Å²) in [6, 6.07) is 0. The molecule has 3 nitrogen and oxygen atoms in total. The molecule has 1 amide bonds. The van der Waals surface area contributed by atoms with Crippen molar-refractivity contribution in [1.29, 1.82) is 0 Å². The number of amides is 1. The summed E-state index contributed by atoms with van der Waals surface area (Å²) in [7, 11) is 1.89. The minimum absolute atomic E-state index is 0.0538. The summed E-state index contributed by atoms with van der Waals surface area (Å²) in [5.41, 5.74) is 3.99. The van der Waals surface area contributed by atoms with E-state index in [-0.39, 0.29) is 11.3 Å². The van der Waals surface area contributed by atoms with E-state index in [0.29, 0.717) is 5.92 Å². The lowest BCUT2D eigenvalue weighted by atomic mass is 9.63. The van der Waals surface area contributed by atoms with Crippen molar-refractivity contribution in [3.8, 4) is 0 Å². The van der Waals surface area contributed by atoms with Crippen LogP contribution in [-0.4, -0.2) is 37.5 Å². The van der Waals surface area contributed by atoms with Gasteiger partial charge in [-0.15, -0.1) is 0 Å². The highest BCUT2D eigenvalue weighted by Crippen LogP contribution is 2.60. The number of carbonyl (C=O) groups excluding carboxylic acids is 1. The van der Waals surface area contributed by atoms with Crippen molar-refractivity contribution < 1.29 is 4.79 Å². The van der Waals surface area contributed by atoms with Gasteiger partial charge in [-0.3, -0.25) is 4.79 Å². The van der Waals surface area contributed by atoms with Crippen molar-refractivity contribution in [2.24, 2.45) is 11.3 Å². The first-order chi connectivity index (χ1) is 8.22. The Hall–Kier alpha value is -1.35. The molecule has 2 atom stereocenters. The first-order valence-corrected chi connectivity index (χ1v) is 6.32. The van der Waals surface area contributed by atoms with Gasteiger partial charge in [-0.2, -0.15) is 0 Å². The van der Waals surface area contributed by atoms with E-state index in [1.165, 1.54) is 11.1 Å². The van der Waals surface area contributed by atoms with E-state index in [9.17, 15) is 4.79 Å². The fourth-order valence-corrected chi connectivity index (χ4v) is 3.84. The zero-order chi connectivity index (χ0) is 11.6. The maximum Gasteiger partial charge on any atom is 0.250 e. The van der Waals surface area contributed by atoms with E-state index in [1.807, 2.05) is 11.9 Å². The van der Waals surface area contributed by atoms with Crippen LogP contribution in [0.25, 0.3) is 0 Å². The van der Waals surface area contributed by atoms with Crippen LogP contribution in [0.4, 0.5) is 0 Å². The van der Waals surface area contributed by atoms with Gasteiger partial charge in [0.05, 0.1) is 0 Å². The van der Waals surface area contributed by atoms with Crippen LogP contribution < -0.4 is 5.32 Å². The Morgan fingerprint density at radius 1 is 1.53 bits per heavy atom. The van der Waals surface area contributed by atoms with Crippen molar-refractivity contribution in [2.45, 2.75) is 6.42 Å². The first-order valence-electron chi connectivity index (χ1n) is 6.32. The van der Waals surface area contributed by atoms with Gasteiger partial charge in [-0.1, -0.05) is 12.2 Å². The summed E-state index contributed by atoms with van der Waals surface area (Å²) >= 11 is 0. The Morgan fingerprint density at radius 3 is 3.29 bits per heavy atom. The molecule has 1 saturated heterocycles. The van der Waals surface area contributed by atoms with Gasteiger partial charge >= 0.3 is 0 Å². The van der Waals surface area contributed by atoms with Crippen LogP contribution in [0.5, 0.6) is 0 Å². The Morgan fingerprint density at radius 2 is 2.41 bits per heavy atom. The lowest BCUT2D eigenvalue weighted by Crippen LogP contribution is -2.49. The maximum atomic E-state index is 12.3. The van der Waals surface area contributed by atoms with Gasteiger partial charge in [0.25, 0.3) is 5.91 Å². The summed E-state index contributed by atoms with van der Waals surface area (Å²) in [6.45, 7) is 2.74. The highest BCUT2D eigenvalue weighted by Gasteiger charge is 2.56. The first kappa shape index (κ1) is 9.66. The quantitative estimate of drug-likeness (QED) is 0.667. The van der Waals surface area contributed by atoms with E-state index >= 15 is 0 Å². The van der Waals surface area contributed by atoms with Gasteiger partial charge < -0.3 is 10.2 Å². The number of nitrogens with zero attached hydrogens (tertiary/aromatic N) is 1. The fraction of sp³-hybridized carbons (Fsp3) is 0.500. The molecule has 1 spiro atoms. The molecule has 0 radical (unpaired) electrons. The highest BCUT2D eigenvalue weighted by molar-refractivity contribution is 6.00. The number of allylic oxidation sites excluding steroid dienone is 2. The molecular formula is C14H16N2O. The monoisotopic (exact) mass is 228 g/mol. The number of likely N-dealkylation sites (N-methyl/N-ethyl adjacent to an activating group) is 1. The lowest BCUT2D eigenvalue weighted by Gasteiger charge is -2.44. The topological polar surface area (TPSA) is 32.3 Å². The zero-order valence-electron chi connectivity index (χ0n) is 9.99. The fourth-order valence-electron chi connectivity index (χ4n) is 3.84. The van der Waals surface area contributed by atoms with Crippen LogP contribution in [0, 0.1) is 11.3 Å². The smallest absolute Gasteiger partial charge is 0.250 e. The van der Waals surface area contributed by atoms with E-state index in [0.717, 1.165) is 31.6 Å². The molecule has 4 aliphatic rings. The second-order valence-corrected chi connectivity index (χ2v) is 5.63. The SMILES string of the molecule is CN1CC=CC2=C3C=C(C1=O)C31CNCC2C1. The molecule has 2 unspecified atom stereocenters. The molecule has 2 heterocycles. The normalized spacial score (nSPS) is 38.4. The molecule has 2 aliphatic heterocycles. The highest BCUT2D eigenvalue weighted by atomic mass is 16.2. The largest absolute Gasteiger partial charge is 0.338 e. The second kappa shape index (κ2) is 2.91. The van der Waals surface area contributed by atoms with Crippen molar-refractivity contribution in [2.75, 3.05) is 26.7 Å². The van der Waals surface area contributed by atoms with Crippen LogP contribution in [0.15, 0.2) is 34.9 Å². The van der Waals surface area contributed by atoms with Crippen LogP contribution in [0.1, 0.15) is 6.42 Å². The standard InChI is InChI=1S/C14H16N2O/c1-16-4-2-3-10-9-6-14(8-15-7-9)11(10)5-12(14)13(16)17/h2-3,5,9,15H,4,6-8H2,1H3. The molecule has 17 heavy (non-hydrogen) atoms. The molecule has 3 heteroatoms. The van der Waals surface area contributed by atoms with Crippen LogP contribution in [-0.2, 0) is 4.79 Å². The number of nitrogens with one attached hydrogen (secondary N) is 1. The van der Waals surface area contributed by atoms with Crippen molar-refractivity contribution in [1.82, 2.24) is 10.2 Å². The minimum atomic E-state index is 0.0538. The molecule has 0 saturated carbocycles. The van der Waals surface area contributed by atoms with Crippen molar-refractivity contribution in [3.63, 3.8) is 0 Å². The average Bonchev–Trinajstić information content (AvgIpc) is 2.54. The Bertz CT molecular complexity index is 514. The Labute approximate surface area is 101 Å². The number of hydrogen-bond donors (Lipinski definition) is 1. The van der Waals surface area contributed by atoms with Gasteiger partial charge in [-0.05, 0) is 29.6 Å². The van der Waals surface area contributed by atoms with Gasteiger partial charge in [0.15, 0.2) is 0 Å². The predicted molar refractivity (Wildman–Crippen MR) is 65.3 cm³/mol. The maximum absolute atomic E-state index is 12.3. The second-order valence-electron chi connectivity index (χ2n) is 5.63. The van der Waals surface area contributed by atoms with Gasteiger partial charge in [0.2, 0.25) is 0 Å². The van der Waals surface area contributed by atoms with Crippen molar-refractivity contribution in [3.05, 3.63) is 34.9 Å². The molecule has 1 fully saturated rings. The molecule has 0 aromatic carbocycles. The summed E-state index contributed by atoms with van der Waals surface area (Å²) in [5, 5.41) is 3.49. The molecule has 4 bridgehead atoms. The lowest BCUT2D eigenvalue weighted by molar-refractivity contribution is -0.126. The molecule has 4 rings (SSSR count). The van der Waals surface area contributed by atoms with Gasteiger partial charge in [0.1, 0.15) is 0 Å². The van der Waals surface area contributed by atoms with Gasteiger partial charge in [0, 0.05) is 37.7 Å². The number of hydrogen-bond acceptors (Lipinski definition) is 2. The summed E-state index contributed by atoms with van der Waals surface area (Å²) in [5.74, 6) is 0.823. The summed E-state index contributed by atoms with van der Waals surface area (Å²) in [4.78, 5) is 14.2. The van der Waals surface area contributed by atoms with E-state index in [1.54, 1.807) is 0 Å². The summed E-state index contributed by atoms with van der Waals surface area (Å²) < 4.78 is 0. The van der Waals surface area contributed by atoms with Crippen molar-refractivity contribution >= 4 is 5.91 Å². The third kappa shape index (κ3) is 0.990. The number of fused-ring (bicyclic) bond motifs is 2. The molecule has 88 valence electrons. The predicted octanol–water partition coefficient (Wildman–Crippen LogP) is 0.861. The molecule has 0 aromatic heterocycles. The third-order valence-corrected chi connectivity index (χ3v) is 4.74. The van der Waals surface area contributed by atoms with Crippen LogP contribution >= 0.6 is 0 Å². The minimum Gasteiger partial charge on any atom is -0.338 e. The molecule has 0 aromatic rings. The number of piperidine rings is 1. The average molecular weight is 228 g/mol. The molecular weight excluding hydrogens is 212 g/mol. The number of carbonyl (C=O) groups is 1. The molecule has 2 aliphatic carbocycles. The van der Waals surface area contributed by atoms with E-state index in [2.05, 4.69) is 23.5 Å². The van der Waals surface area contributed by atoms with Gasteiger partial charge in [-0.25, -0.2) is 0 Å². The van der Waals surface area contributed by atoms with E-state index in [4.69, 9.17) is 0 Å².